The molecule has 0 amide bonds. The van der Waals surface area contributed by atoms with Gasteiger partial charge in [0.15, 0.2) is 0 Å². The molecule has 94 valence electrons. The van der Waals surface area contributed by atoms with Crippen molar-refractivity contribution in [1.82, 2.24) is 0 Å². The first-order valence-corrected chi connectivity index (χ1v) is 5.55. The van der Waals surface area contributed by atoms with Gasteiger partial charge in [0.05, 0.1) is 5.75 Å². The monoisotopic (exact) mass is 268 g/mol. The Balaban J connectivity index is 2.98. The molecule has 1 aromatic carbocycles. The Kier molecular flexibility index (Phi) is 4.45. The van der Waals surface area contributed by atoms with Crippen molar-refractivity contribution in [3.63, 3.8) is 0 Å². The van der Waals surface area contributed by atoms with Crippen molar-refractivity contribution in [3.05, 3.63) is 23.5 Å². The third-order valence-electron chi connectivity index (χ3n) is 2.01. The largest absolute Gasteiger partial charge is 0.488 e. The fraction of sp³-hybridized carbons (Fsp3) is 0.333. The zero-order valence-corrected chi connectivity index (χ0v) is 9.57. The fourth-order valence-electron chi connectivity index (χ4n) is 1.13. The maximum atomic E-state index is 13.3. The minimum Gasteiger partial charge on any atom is -0.423 e. The highest BCUT2D eigenvalue weighted by molar-refractivity contribution is 7.99. The van der Waals surface area contributed by atoms with E-state index in [9.17, 15) is 17.6 Å². The smallest absolute Gasteiger partial charge is 0.423 e. The molecule has 0 aliphatic carbocycles. The molecule has 1 aromatic rings. The molecule has 0 spiro atoms. The Morgan fingerprint density at radius 2 is 1.88 bits per heavy atom. The zero-order chi connectivity index (χ0) is 13.2. The van der Waals surface area contributed by atoms with Gasteiger partial charge in [-0.1, -0.05) is 0 Å². The number of hydrogen-bond donors (Lipinski definition) is 2. The molecule has 0 aliphatic heterocycles. The topological polar surface area (TPSA) is 40.5 Å². The quantitative estimate of drug-likeness (QED) is 0.495. The van der Waals surface area contributed by atoms with Gasteiger partial charge >= 0.3 is 13.3 Å². The molecule has 0 unspecified atom stereocenters. The molecule has 0 aromatic heterocycles. The van der Waals surface area contributed by atoms with Gasteiger partial charge in [0, 0.05) is 4.90 Å². The Morgan fingerprint density at radius 1 is 1.29 bits per heavy atom. The number of alkyl halides is 3. The van der Waals surface area contributed by atoms with Crippen LogP contribution in [0.2, 0.25) is 0 Å². The van der Waals surface area contributed by atoms with Crippen LogP contribution in [0.15, 0.2) is 17.0 Å². The normalized spacial score (nSPS) is 11.7. The summed E-state index contributed by atoms with van der Waals surface area (Å²) in [6, 6.07) is 2.02. The summed E-state index contributed by atoms with van der Waals surface area (Å²) in [5.74, 6) is -1.92. The van der Waals surface area contributed by atoms with Crippen molar-refractivity contribution in [1.29, 1.82) is 0 Å². The molecule has 0 fully saturated rings. The molecule has 8 heteroatoms. The molecule has 0 atom stereocenters. The summed E-state index contributed by atoms with van der Waals surface area (Å²) in [6.45, 7) is 1.33. The standard InChI is InChI=1S/C9H9BF4O2S/c1-5-7(11)2-6(10(15)16)3-8(5)17-4-9(12,13)14/h2-3,15-16H,4H2,1H3. The average molecular weight is 268 g/mol. The SMILES string of the molecule is Cc1c(F)cc(B(O)O)cc1SCC(F)(F)F. The first kappa shape index (κ1) is 14.3. The summed E-state index contributed by atoms with van der Waals surface area (Å²) in [4.78, 5) is 0.0467. The summed E-state index contributed by atoms with van der Waals surface area (Å²) >= 11 is 0.412. The third-order valence-corrected chi connectivity index (χ3v) is 3.22. The lowest BCUT2D eigenvalue weighted by molar-refractivity contribution is -0.105. The molecule has 0 saturated heterocycles. The van der Waals surface area contributed by atoms with Gasteiger partial charge in [0.2, 0.25) is 0 Å². The molecule has 0 aliphatic rings. The van der Waals surface area contributed by atoms with Crippen LogP contribution in [0.3, 0.4) is 0 Å². The van der Waals surface area contributed by atoms with E-state index < -0.39 is 24.9 Å². The Labute approximate surface area is 99.8 Å². The van der Waals surface area contributed by atoms with Gasteiger partial charge in [0.25, 0.3) is 0 Å². The van der Waals surface area contributed by atoms with Crippen molar-refractivity contribution >= 4 is 24.3 Å². The van der Waals surface area contributed by atoms with E-state index in [0.717, 1.165) is 12.1 Å². The molecule has 0 radical (unpaired) electrons. The van der Waals surface area contributed by atoms with Gasteiger partial charge < -0.3 is 10.0 Å². The Bertz CT molecular complexity index is 409. The summed E-state index contributed by atoms with van der Waals surface area (Å²) < 4.78 is 49.4. The highest BCUT2D eigenvalue weighted by atomic mass is 32.2. The van der Waals surface area contributed by atoms with E-state index in [2.05, 4.69) is 0 Å². The van der Waals surface area contributed by atoms with Crippen LogP contribution in [0.1, 0.15) is 5.56 Å². The van der Waals surface area contributed by atoms with Gasteiger partial charge in [-0.25, -0.2) is 4.39 Å². The number of halogens is 4. The van der Waals surface area contributed by atoms with E-state index in [1.54, 1.807) is 0 Å². The molecule has 2 nitrogen and oxygen atoms in total. The fourth-order valence-corrected chi connectivity index (χ4v) is 1.98. The first-order chi connectivity index (χ1) is 7.70. The van der Waals surface area contributed by atoms with E-state index in [-0.39, 0.29) is 15.9 Å². The van der Waals surface area contributed by atoms with E-state index in [1.807, 2.05) is 0 Å². The maximum absolute atomic E-state index is 13.3. The second-order valence-electron chi connectivity index (χ2n) is 3.40. The maximum Gasteiger partial charge on any atom is 0.488 e. The van der Waals surface area contributed by atoms with Crippen molar-refractivity contribution in [2.45, 2.75) is 18.0 Å². The predicted octanol–water partition coefficient (Wildman–Crippen LogP) is 1.47. The summed E-state index contributed by atoms with van der Waals surface area (Å²) in [5, 5.41) is 17.7. The predicted molar refractivity (Wildman–Crippen MR) is 57.7 cm³/mol. The number of thioether (sulfide) groups is 1. The van der Waals surface area contributed by atoms with Crippen molar-refractivity contribution in [2.24, 2.45) is 0 Å². The Morgan fingerprint density at radius 3 is 2.35 bits per heavy atom. The van der Waals surface area contributed by atoms with Gasteiger partial charge in [0.1, 0.15) is 5.82 Å². The molecular weight excluding hydrogens is 259 g/mol. The van der Waals surface area contributed by atoms with Gasteiger partial charge in [-0.2, -0.15) is 13.2 Å². The highest BCUT2D eigenvalue weighted by Crippen LogP contribution is 2.29. The Hall–Kier alpha value is -0.725. The van der Waals surface area contributed by atoms with Crippen LogP contribution in [0.4, 0.5) is 17.6 Å². The lowest BCUT2D eigenvalue weighted by atomic mass is 9.80. The second kappa shape index (κ2) is 5.28. The van der Waals surface area contributed by atoms with Crippen LogP contribution >= 0.6 is 11.8 Å². The summed E-state index contributed by atoms with van der Waals surface area (Å²) in [5.41, 5.74) is -0.110. The molecule has 0 bridgehead atoms. The third kappa shape index (κ3) is 4.21. The van der Waals surface area contributed by atoms with E-state index >= 15 is 0 Å². The minimum atomic E-state index is -4.36. The zero-order valence-electron chi connectivity index (χ0n) is 8.75. The lowest BCUT2D eigenvalue weighted by Gasteiger charge is -2.11. The van der Waals surface area contributed by atoms with Crippen LogP contribution in [0, 0.1) is 12.7 Å². The average Bonchev–Trinajstić information content (AvgIpc) is 2.18. The summed E-state index contributed by atoms with van der Waals surface area (Å²) in [6.07, 6.45) is -4.36. The number of rotatable bonds is 3. The summed E-state index contributed by atoms with van der Waals surface area (Å²) in [7, 11) is -1.91. The van der Waals surface area contributed by atoms with Gasteiger partial charge in [-0.15, -0.1) is 11.8 Å². The van der Waals surface area contributed by atoms with Crippen LogP contribution in [0.25, 0.3) is 0 Å². The van der Waals surface area contributed by atoms with E-state index in [1.165, 1.54) is 6.92 Å². The molecule has 0 heterocycles. The number of hydrogen-bond acceptors (Lipinski definition) is 3. The van der Waals surface area contributed by atoms with Crippen molar-refractivity contribution in [2.75, 3.05) is 5.75 Å². The van der Waals surface area contributed by atoms with E-state index in [4.69, 9.17) is 10.0 Å². The van der Waals surface area contributed by atoms with Crippen molar-refractivity contribution in [3.8, 4) is 0 Å². The molecule has 17 heavy (non-hydrogen) atoms. The first-order valence-electron chi connectivity index (χ1n) is 4.56. The highest BCUT2D eigenvalue weighted by Gasteiger charge is 2.28. The van der Waals surface area contributed by atoms with Crippen molar-refractivity contribution < 1.29 is 27.6 Å². The minimum absolute atomic E-state index is 0.0467. The molecule has 2 N–H and O–H groups in total. The van der Waals surface area contributed by atoms with Crippen LogP contribution < -0.4 is 5.46 Å². The van der Waals surface area contributed by atoms with Crippen LogP contribution in [0.5, 0.6) is 0 Å². The molecular formula is C9H9BF4O2S. The van der Waals surface area contributed by atoms with Crippen LogP contribution in [-0.4, -0.2) is 29.1 Å². The van der Waals surface area contributed by atoms with Gasteiger partial charge in [-0.05, 0) is 30.1 Å². The number of benzene rings is 1. The molecule has 0 saturated carbocycles. The molecule has 1 rings (SSSR count). The van der Waals surface area contributed by atoms with Crippen LogP contribution in [-0.2, 0) is 0 Å². The second-order valence-corrected chi connectivity index (χ2v) is 4.42. The lowest BCUT2D eigenvalue weighted by Crippen LogP contribution is -2.30. The van der Waals surface area contributed by atoms with E-state index in [0.29, 0.717) is 11.8 Å². The van der Waals surface area contributed by atoms with Gasteiger partial charge in [-0.3, -0.25) is 0 Å².